The van der Waals surface area contributed by atoms with Gasteiger partial charge in [-0.25, -0.2) is 0 Å². The van der Waals surface area contributed by atoms with E-state index in [4.69, 9.17) is 12.3 Å². The van der Waals surface area contributed by atoms with E-state index in [1.54, 1.807) is 0 Å². The average Bonchev–Trinajstić information content (AvgIpc) is 2.32. The second-order valence-electron chi connectivity index (χ2n) is 5.07. The zero-order valence-corrected chi connectivity index (χ0v) is 19.6. The summed E-state index contributed by atoms with van der Waals surface area (Å²) in [7, 11) is -7.45. The molecule has 0 fully saturated rings. The van der Waals surface area contributed by atoms with Crippen molar-refractivity contribution in [2.45, 2.75) is 26.2 Å². The van der Waals surface area contributed by atoms with Gasteiger partial charge < -0.3 is 12.3 Å². The minimum Gasteiger partial charge on any atom is -0.438 e. The molecule has 0 aromatic heterocycles. The van der Waals surface area contributed by atoms with Crippen LogP contribution in [0.25, 0.3) is 0 Å². The molecule has 0 heterocycles. The van der Waals surface area contributed by atoms with E-state index >= 15 is 0 Å². The van der Waals surface area contributed by atoms with E-state index in [-0.39, 0.29) is 21.1 Å². The first-order chi connectivity index (χ1) is 8.66. The van der Waals surface area contributed by atoms with Crippen LogP contribution in [0.15, 0.2) is 49.1 Å². The van der Waals surface area contributed by atoms with Crippen LogP contribution in [-0.2, 0) is 33.4 Å². The summed E-state index contributed by atoms with van der Waals surface area (Å²) in [5, 5.41) is 0. The van der Waals surface area contributed by atoms with Crippen LogP contribution in [0.5, 0.6) is 0 Å². The quantitative estimate of drug-likeness (QED) is 0.411. The van der Waals surface area contributed by atoms with E-state index in [0.717, 1.165) is 0 Å². The average molecular weight is 526 g/mol. The molecule has 0 unspecified atom stereocenters. The van der Waals surface area contributed by atoms with Crippen LogP contribution in [-0.4, -0.2) is 35.2 Å². The van der Waals surface area contributed by atoms with Crippen molar-refractivity contribution in [3.05, 3.63) is 49.1 Å². The molecule has 3 nitrogen and oxygen atoms in total. The van der Waals surface area contributed by atoms with Crippen LogP contribution >= 0.6 is 0 Å². The first-order valence-electron chi connectivity index (χ1n) is 6.22. The Labute approximate surface area is 143 Å². The fraction of sp³-hybridized carbons (Fsp3) is 0.333. The second-order valence-corrected chi connectivity index (χ2v) is 17.3. The van der Waals surface area contributed by atoms with Crippen LogP contribution in [0.1, 0.15) is 0 Å². The third kappa shape index (κ3) is 7.99. The van der Waals surface area contributed by atoms with Crippen molar-refractivity contribution in [2.75, 3.05) is 0 Å². The molecule has 0 saturated carbocycles. The Morgan fingerprint density at radius 2 is 1.25 bits per heavy atom. The summed E-state index contributed by atoms with van der Waals surface area (Å²) >= 11 is 0. The first-order valence-corrected chi connectivity index (χ1v) is 15.4. The van der Waals surface area contributed by atoms with Gasteiger partial charge in [0.15, 0.2) is 9.76 Å². The summed E-state index contributed by atoms with van der Waals surface area (Å²) in [4.78, 5) is 0. The first kappa shape index (κ1) is 22.7. The largest absolute Gasteiger partial charge is 0.438 e. The molecular formula is C12H26O3PtSi4. The Balaban J connectivity index is 0. The van der Waals surface area contributed by atoms with Crippen LogP contribution < -0.4 is 0 Å². The van der Waals surface area contributed by atoms with E-state index < -0.39 is 35.2 Å². The molecule has 0 aliphatic rings. The number of rotatable bonds is 10. The van der Waals surface area contributed by atoms with E-state index in [1.165, 1.54) is 0 Å². The van der Waals surface area contributed by atoms with Crippen molar-refractivity contribution < 1.29 is 33.4 Å². The predicted molar refractivity (Wildman–Crippen MR) is 93.3 cm³/mol. The summed E-state index contributed by atoms with van der Waals surface area (Å²) in [6.45, 7) is 23.4. The molecule has 0 aliphatic heterocycles. The molecule has 0 saturated heterocycles. The van der Waals surface area contributed by atoms with Crippen molar-refractivity contribution in [1.29, 1.82) is 0 Å². The monoisotopic (exact) mass is 525 g/mol. The zero-order valence-electron chi connectivity index (χ0n) is 12.9. The van der Waals surface area contributed by atoms with Gasteiger partial charge in [-0.15, -0.1) is 26.3 Å². The second kappa shape index (κ2) is 9.42. The van der Waals surface area contributed by atoms with Crippen molar-refractivity contribution in [3.63, 3.8) is 0 Å². The maximum atomic E-state index is 6.23. The molecule has 0 radical (unpaired) electrons. The Morgan fingerprint density at radius 1 is 0.800 bits per heavy atom. The molecule has 118 valence electrons. The molecule has 0 atom stereocenters. The van der Waals surface area contributed by atoms with Gasteiger partial charge in [0, 0.05) is 21.1 Å². The van der Waals surface area contributed by atoms with E-state index in [0.29, 0.717) is 0 Å². The molecule has 0 spiro atoms. The Bertz CT molecular complexity index is 337. The van der Waals surface area contributed by atoms with Crippen molar-refractivity contribution in [2.24, 2.45) is 0 Å². The Morgan fingerprint density at radius 3 is 1.60 bits per heavy atom. The minimum absolute atomic E-state index is 0. The molecule has 0 rings (SSSR count). The standard InChI is InChI=1S/C12H26O3Si4.Pt/c1-9-16-13-17(5,6)14-18(7,8)15-19(10-2,11-3)12-4;/h9-12H,1-4,16H2,5-8H3;. The van der Waals surface area contributed by atoms with E-state index in [9.17, 15) is 0 Å². The molecule has 0 aliphatic carbocycles. The van der Waals surface area contributed by atoms with Gasteiger partial charge in [-0.2, -0.15) is 0 Å². The maximum Gasteiger partial charge on any atom is 0.313 e. The van der Waals surface area contributed by atoms with Gasteiger partial charge in [-0.05, 0) is 26.2 Å². The van der Waals surface area contributed by atoms with Gasteiger partial charge >= 0.3 is 17.1 Å². The topological polar surface area (TPSA) is 27.7 Å². The fourth-order valence-corrected chi connectivity index (χ4v) is 14.7. The van der Waals surface area contributed by atoms with Crippen LogP contribution in [0.3, 0.4) is 0 Å². The van der Waals surface area contributed by atoms with Gasteiger partial charge in [0.25, 0.3) is 8.32 Å². The SMILES string of the molecule is C=C[SiH2]O[Si](C)(C)O[Si](C)(C)O[Si](C=C)(C=C)C=C.[Pt]. The summed E-state index contributed by atoms with van der Waals surface area (Å²) in [6, 6.07) is 0. The van der Waals surface area contributed by atoms with Crippen molar-refractivity contribution in [1.82, 2.24) is 0 Å². The molecule has 0 aromatic carbocycles. The molecule has 0 aromatic rings. The Kier molecular flexibility index (Phi) is 10.7. The number of hydrogen-bond donors (Lipinski definition) is 0. The normalized spacial score (nSPS) is 12.8. The molecular weight excluding hydrogens is 500 g/mol. The molecule has 0 amide bonds. The van der Waals surface area contributed by atoms with Gasteiger partial charge in [-0.3, -0.25) is 0 Å². The van der Waals surface area contributed by atoms with E-state index in [1.807, 2.05) is 49.0 Å². The number of hydrogen-bond acceptors (Lipinski definition) is 3. The predicted octanol–water partition coefficient (Wildman–Crippen LogP) is 2.79. The third-order valence-electron chi connectivity index (χ3n) is 2.42. The summed E-state index contributed by atoms with van der Waals surface area (Å²) in [6.07, 6.45) is 0. The zero-order chi connectivity index (χ0) is 15.2. The summed E-state index contributed by atoms with van der Waals surface area (Å²) in [5.74, 6) is 0. The smallest absolute Gasteiger partial charge is 0.313 e. The maximum absolute atomic E-state index is 6.23. The van der Waals surface area contributed by atoms with Crippen molar-refractivity contribution >= 4 is 35.2 Å². The molecule has 0 N–H and O–H groups in total. The van der Waals surface area contributed by atoms with Crippen molar-refractivity contribution in [3.8, 4) is 0 Å². The van der Waals surface area contributed by atoms with E-state index in [2.05, 4.69) is 26.3 Å². The summed E-state index contributed by atoms with van der Waals surface area (Å²) in [5.41, 5.74) is 7.32. The molecule has 8 heteroatoms. The fourth-order valence-electron chi connectivity index (χ4n) is 1.70. The third-order valence-corrected chi connectivity index (χ3v) is 15.3. The summed E-state index contributed by atoms with van der Waals surface area (Å²) < 4.78 is 18.3. The molecule has 20 heavy (non-hydrogen) atoms. The van der Waals surface area contributed by atoms with Crippen LogP contribution in [0, 0.1) is 0 Å². The van der Waals surface area contributed by atoms with Crippen LogP contribution in [0.4, 0.5) is 0 Å². The van der Waals surface area contributed by atoms with Gasteiger partial charge in [0.05, 0.1) is 0 Å². The van der Waals surface area contributed by atoms with Gasteiger partial charge in [0.1, 0.15) is 0 Å². The van der Waals surface area contributed by atoms with Crippen LogP contribution in [0.2, 0.25) is 26.2 Å². The molecule has 0 bridgehead atoms. The van der Waals surface area contributed by atoms with Gasteiger partial charge in [-0.1, -0.05) is 22.8 Å². The van der Waals surface area contributed by atoms with Gasteiger partial charge in [0.2, 0.25) is 0 Å². The Hall–Kier alpha value is 0.396. The minimum atomic E-state index is -2.31.